The maximum atomic E-state index is 15.1. The Morgan fingerprint density at radius 2 is 1.68 bits per heavy atom. The summed E-state index contributed by atoms with van der Waals surface area (Å²) in [4.78, 5) is 0. The molecular weight excluding hydrogens is 547 g/mol. The lowest BCUT2D eigenvalue weighted by molar-refractivity contribution is -0.176. The summed E-state index contributed by atoms with van der Waals surface area (Å²) in [7, 11) is 0. The molecule has 1 aliphatic rings. The minimum atomic E-state index is -4.24. The van der Waals surface area contributed by atoms with Crippen molar-refractivity contribution in [2.45, 2.75) is 58.0 Å². The Hall–Kier alpha value is -3.62. The van der Waals surface area contributed by atoms with Gasteiger partial charge in [-0.05, 0) is 92.2 Å². The average molecular weight is 580 g/mol. The molecule has 1 fully saturated rings. The lowest BCUT2D eigenvalue weighted by Crippen LogP contribution is -2.25. The van der Waals surface area contributed by atoms with Gasteiger partial charge in [-0.3, -0.25) is 0 Å². The van der Waals surface area contributed by atoms with Gasteiger partial charge in [0.2, 0.25) is 0 Å². The van der Waals surface area contributed by atoms with Crippen LogP contribution >= 0.6 is 0 Å². The van der Waals surface area contributed by atoms with E-state index >= 15 is 4.39 Å². The van der Waals surface area contributed by atoms with E-state index in [0.717, 1.165) is 44.1 Å². The van der Waals surface area contributed by atoms with Crippen LogP contribution in [0.4, 0.5) is 30.7 Å². The second-order valence-corrected chi connectivity index (χ2v) is 10.1. The van der Waals surface area contributed by atoms with Crippen molar-refractivity contribution in [2.75, 3.05) is 0 Å². The summed E-state index contributed by atoms with van der Waals surface area (Å²) in [5.74, 6) is -7.62. The number of rotatable bonds is 12. The van der Waals surface area contributed by atoms with Crippen molar-refractivity contribution in [2.24, 2.45) is 11.8 Å². The lowest BCUT2D eigenvalue weighted by atomic mass is 9.77. The molecule has 0 spiro atoms. The van der Waals surface area contributed by atoms with Crippen molar-refractivity contribution in [3.8, 4) is 5.75 Å². The highest BCUT2D eigenvalue weighted by atomic mass is 19.3. The van der Waals surface area contributed by atoms with Crippen molar-refractivity contribution >= 4 is 17.9 Å². The van der Waals surface area contributed by atoms with E-state index in [4.69, 9.17) is 5.41 Å². The molecule has 0 bridgehead atoms. The van der Waals surface area contributed by atoms with Gasteiger partial charge in [-0.15, -0.1) is 6.58 Å². The summed E-state index contributed by atoms with van der Waals surface area (Å²) in [6.07, 6.45) is 7.23. The largest absolute Gasteiger partial charge is 0.432 e. The number of ether oxygens (including phenoxy) is 1. The number of hydrogen-bond acceptors (Lipinski definition) is 2. The lowest BCUT2D eigenvalue weighted by Gasteiger charge is -2.29. The highest BCUT2D eigenvalue weighted by molar-refractivity contribution is 5.84. The van der Waals surface area contributed by atoms with Gasteiger partial charge in [0.1, 0.15) is 23.8 Å². The average Bonchev–Trinajstić information content (AvgIpc) is 2.92. The van der Waals surface area contributed by atoms with Crippen molar-refractivity contribution in [3.05, 3.63) is 101 Å². The van der Waals surface area contributed by atoms with Gasteiger partial charge in [-0.1, -0.05) is 24.3 Å². The Balaban J connectivity index is 1.71. The van der Waals surface area contributed by atoms with E-state index in [-0.39, 0.29) is 29.2 Å². The molecule has 0 amide bonds. The minimum absolute atomic E-state index is 0.0182. The first kappa shape index (κ1) is 31.9. The van der Waals surface area contributed by atoms with Crippen LogP contribution in [0.5, 0.6) is 5.75 Å². The number of allylic oxidation sites excluding steroid dienone is 5. The fourth-order valence-corrected chi connectivity index (χ4v) is 5.00. The zero-order chi connectivity index (χ0) is 30.2. The summed E-state index contributed by atoms with van der Waals surface area (Å²) in [5.41, 5.74) is 1.25. The van der Waals surface area contributed by atoms with Crippen LogP contribution in [-0.2, 0) is 0 Å². The molecule has 3 rings (SSSR count). The molecule has 1 saturated carbocycles. The summed E-state index contributed by atoms with van der Waals surface area (Å²) in [5, 5.41) is 7.87. The summed E-state index contributed by atoms with van der Waals surface area (Å²) < 4.78 is 102. The van der Waals surface area contributed by atoms with Crippen molar-refractivity contribution in [3.63, 3.8) is 0 Å². The Morgan fingerprint density at radius 3 is 2.24 bits per heavy atom. The van der Waals surface area contributed by atoms with Crippen LogP contribution in [-0.4, -0.2) is 12.3 Å². The van der Waals surface area contributed by atoms with Crippen LogP contribution in [0.15, 0.2) is 66.5 Å². The SMILES string of the molecule is C=CCCC1CCC(/C(C=N)=C/c2ccc(C(/C=C(/F)CC(F)(F)Oc3cc(F)c(F)c(F)c3)=C/C)c(F)c2)CC1. The van der Waals surface area contributed by atoms with Gasteiger partial charge in [0.15, 0.2) is 17.5 Å². The Bertz CT molecular complexity index is 1310. The Kier molecular flexibility index (Phi) is 11.1. The minimum Gasteiger partial charge on any atom is -0.432 e. The van der Waals surface area contributed by atoms with E-state index in [1.807, 2.05) is 6.08 Å². The highest BCUT2D eigenvalue weighted by Gasteiger charge is 2.34. The van der Waals surface area contributed by atoms with Gasteiger partial charge in [0, 0.05) is 23.9 Å². The van der Waals surface area contributed by atoms with Crippen LogP contribution in [0.3, 0.4) is 0 Å². The Morgan fingerprint density at radius 1 is 1.02 bits per heavy atom. The molecule has 0 atom stereocenters. The standard InChI is InChI=1S/C32H32F7NO/c1-3-5-6-20-7-10-23(11-8-20)24(19-40)13-21-9-12-27(28(34)14-21)22(4-2)15-25(33)18-32(38,39)41-26-16-29(35)31(37)30(36)17-26/h3-4,9,12-17,19-20,23,40H,1,5-8,10-11,18H2,2H3/b22-4+,24-13+,25-15+,40-19?. The molecule has 9 heteroatoms. The molecule has 2 aromatic carbocycles. The topological polar surface area (TPSA) is 33.1 Å². The predicted octanol–water partition coefficient (Wildman–Crippen LogP) is 10.4. The van der Waals surface area contributed by atoms with Crippen LogP contribution in [0.1, 0.15) is 63.0 Å². The van der Waals surface area contributed by atoms with Crippen LogP contribution in [0.2, 0.25) is 0 Å². The smallest absolute Gasteiger partial charge is 0.404 e. The predicted molar refractivity (Wildman–Crippen MR) is 147 cm³/mol. The van der Waals surface area contributed by atoms with Crippen LogP contribution < -0.4 is 4.74 Å². The molecule has 1 aliphatic carbocycles. The Labute approximate surface area is 235 Å². The van der Waals surface area contributed by atoms with Gasteiger partial charge in [0.05, 0.1) is 0 Å². The summed E-state index contributed by atoms with van der Waals surface area (Å²) >= 11 is 0. The third kappa shape index (κ3) is 8.93. The number of benzene rings is 2. The summed E-state index contributed by atoms with van der Waals surface area (Å²) in [6.45, 7) is 5.24. The molecule has 0 unspecified atom stereocenters. The highest BCUT2D eigenvalue weighted by Crippen LogP contribution is 2.36. The quantitative estimate of drug-likeness (QED) is 0.0877. The van der Waals surface area contributed by atoms with Crippen molar-refractivity contribution < 1.29 is 35.5 Å². The molecule has 2 aromatic rings. The van der Waals surface area contributed by atoms with E-state index in [9.17, 15) is 26.3 Å². The zero-order valence-electron chi connectivity index (χ0n) is 22.6. The first-order valence-corrected chi connectivity index (χ1v) is 13.3. The van der Waals surface area contributed by atoms with E-state index in [1.165, 1.54) is 31.3 Å². The number of alkyl halides is 2. The molecule has 0 saturated heterocycles. The molecule has 1 N–H and O–H groups in total. The molecule has 41 heavy (non-hydrogen) atoms. The molecule has 0 heterocycles. The first-order chi connectivity index (χ1) is 19.5. The fraction of sp³-hybridized carbons (Fsp3) is 0.344. The van der Waals surface area contributed by atoms with E-state index in [0.29, 0.717) is 17.6 Å². The molecule has 0 aromatic heterocycles. The number of hydrogen-bond donors (Lipinski definition) is 1. The van der Waals surface area contributed by atoms with Gasteiger partial charge in [-0.25, -0.2) is 22.0 Å². The van der Waals surface area contributed by atoms with Crippen LogP contribution in [0.25, 0.3) is 11.6 Å². The third-order valence-electron chi connectivity index (χ3n) is 7.12. The maximum Gasteiger partial charge on any atom is 0.404 e. The fourth-order valence-electron chi connectivity index (χ4n) is 5.00. The van der Waals surface area contributed by atoms with E-state index in [2.05, 4.69) is 11.3 Å². The molecule has 2 nitrogen and oxygen atoms in total. The van der Waals surface area contributed by atoms with Crippen molar-refractivity contribution in [1.82, 2.24) is 0 Å². The maximum absolute atomic E-state index is 15.1. The van der Waals surface area contributed by atoms with E-state index < -0.39 is 47.4 Å². The first-order valence-electron chi connectivity index (χ1n) is 13.3. The number of nitrogens with one attached hydrogen (secondary N) is 1. The molecule has 220 valence electrons. The molecular formula is C32H32F7NO. The summed E-state index contributed by atoms with van der Waals surface area (Å²) in [6, 6.07) is 4.67. The zero-order valence-corrected chi connectivity index (χ0v) is 22.6. The van der Waals surface area contributed by atoms with Gasteiger partial charge < -0.3 is 10.1 Å². The monoisotopic (exact) mass is 579 g/mol. The van der Waals surface area contributed by atoms with Gasteiger partial charge in [0.25, 0.3) is 0 Å². The second kappa shape index (κ2) is 14.3. The number of halogens is 7. The van der Waals surface area contributed by atoms with Gasteiger partial charge in [-0.2, -0.15) is 8.78 Å². The molecule has 0 radical (unpaired) electrons. The third-order valence-corrected chi connectivity index (χ3v) is 7.12. The van der Waals surface area contributed by atoms with Crippen LogP contribution in [0, 0.1) is 40.5 Å². The van der Waals surface area contributed by atoms with Gasteiger partial charge >= 0.3 is 6.11 Å². The van der Waals surface area contributed by atoms with E-state index in [1.54, 1.807) is 12.1 Å². The molecule has 0 aliphatic heterocycles. The van der Waals surface area contributed by atoms with Crippen molar-refractivity contribution in [1.29, 1.82) is 5.41 Å². The normalized spacial score (nSPS) is 18.8. The second-order valence-electron chi connectivity index (χ2n) is 10.1.